The van der Waals surface area contributed by atoms with Crippen LogP contribution in [-0.4, -0.2) is 46.5 Å². The third-order valence-corrected chi connectivity index (χ3v) is 6.68. The molecule has 5 rings (SSSR count). The quantitative estimate of drug-likeness (QED) is 0.469. The summed E-state index contributed by atoms with van der Waals surface area (Å²) in [6, 6.07) is 18.8. The van der Waals surface area contributed by atoms with Crippen LogP contribution in [0, 0.1) is 20.8 Å². The van der Waals surface area contributed by atoms with E-state index in [-0.39, 0.29) is 5.91 Å². The SMILES string of the molecule is Cc1ccc(N2CCN(C(=O)c3ccn(-c4nccc5ccccc45)c3C)CC2)cc1C. The molecule has 162 valence electrons. The molecule has 0 bridgehead atoms. The highest BCUT2D eigenvalue weighted by atomic mass is 16.2. The first-order valence-electron chi connectivity index (χ1n) is 11.2. The second kappa shape index (κ2) is 8.15. The second-order valence-corrected chi connectivity index (χ2v) is 8.59. The summed E-state index contributed by atoms with van der Waals surface area (Å²) in [5.74, 6) is 0.959. The van der Waals surface area contributed by atoms with Crippen molar-refractivity contribution in [3.05, 3.63) is 89.4 Å². The van der Waals surface area contributed by atoms with Crippen LogP contribution in [0.3, 0.4) is 0 Å². The third kappa shape index (κ3) is 3.54. The topological polar surface area (TPSA) is 41.4 Å². The summed E-state index contributed by atoms with van der Waals surface area (Å²) in [5.41, 5.74) is 5.53. The molecule has 0 N–H and O–H groups in total. The van der Waals surface area contributed by atoms with Gasteiger partial charge in [0, 0.05) is 55.3 Å². The molecule has 5 nitrogen and oxygen atoms in total. The summed E-state index contributed by atoms with van der Waals surface area (Å²) in [6.07, 6.45) is 3.79. The number of anilines is 1. The molecule has 0 unspecified atom stereocenters. The molecule has 1 aliphatic heterocycles. The Labute approximate surface area is 188 Å². The van der Waals surface area contributed by atoms with Gasteiger partial charge in [0.1, 0.15) is 5.82 Å². The Morgan fingerprint density at radius 3 is 2.44 bits per heavy atom. The second-order valence-electron chi connectivity index (χ2n) is 8.59. The van der Waals surface area contributed by atoms with Gasteiger partial charge in [-0.2, -0.15) is 0 Å². The van der Waals surface area contributed by atoms with Gasteiger partial charge in [-0.15, -0.1) is 0 Å². The number of carbonyl (C=O) groups is 1. The first-order chi connectivity index (χ1) is 15.5. The van der Waals surface area contributed by atoms with E-state index in [1.165, 1.54) is 16.8 Å². The van der Waals surface area contributed by atoms with Crippen molar-refractivity contribution in [3.8, 4) is 5.82 Å². The average Bonchev–Trinajstić information content (AvgIpc) is 3.21. The minimum Gasteiger partial charge on any atom is -0.368 e. The van der Waals surface area contributed by atoms with E-state index >= 15 is 0 Å². The molecule has 32 heavy (non-hydrogen) atoms. The van der Waals surface area contributed by atoms with Crippen LogP contribution in [0.2, 0.25) is 0 Å². The minimum atomic E-state index is 0.0984. The first kappa shape index (κ1) is 20.3. The van der Waals surface area contributed by atoms with Gasteiger partial charge < -0.3 is 14.4 Å². The van der Waals surface area contributed by atoms with Gasteiger partial charge in [0.2, 0.25) is 0 Å². The molecule has 3 heterocycles. The lowest BCUT2D eigenvalue weighted by Crippen LogP contribution is -2.48. The monoisotopic (exact) mass is 424 g/mol. The number of rotatable bonds is 3. The number of amides is 1. The number of fused-ring (bicyclic) bond motifs is 1. The molecule has 0 atom stereocenters. The van der Waals surface area contributed by atoms with Crippen LogP contribution >= 0.6 is 0 Å². The number of carbonyl (C=O) groups excluding carboxylic acids is 1. The predicted molar refractivity (Wildman–Crippen MR) is 130 cm³/mol. The molecule has 1 amide bonds. The molecule has 0 aliphatic carbocycles. The highest BCUT2D eigenvalue weighted by Gasteiger charge is 2.25. The molecule has 5 heteroatoms. The largest absolute Gasteiger partial charge is 0.368 e. The summed E-state index contributed by atoms with van der Waals surface area (Å²) in [5, 5.41) is 2.22. The standard InChI is InChI=1S/C27H28N4O/c1-19-8-9-23(18-20(19)2)29-14-16-30(17-15-29)27(32)24-11-13-31(21(24)3)26-25-7-5-4-6-22(25)10-12-28-26/h4-13,18H,14-17H2,1-3H3. The Balaban J connectivity index is 1.35. The highest BCUT2D eigenvalue weighted by Crippen LogP contribution is 2.25. The molecule has 4 aromatic rings. The minimum absolute atomic E-state index is 0.0984. The maximum Gasteiger partial charge on any atom is 0.255 e. The van der Waals surface area contributed by atoms with E-state index in [4.69, 9.17) is 0 Å². The van der Waals surface area contributed by atoms with Crippen LogP contribution in [-0.2, 0) is 0 Å². The number of nitrogens with zero attached hydrogens (tertiary/aromatic N) is 4. The van der Waals surface area contributed by atoms with Gasteiger partial charge >= 0.3 is 0 Å². The molecule has 0 spiro atoms. The number of aromatic nitrogens is 2. The summed E-state index contributed by atoms with van der Waals surface area (Å²) in [6.45, 7) is 9.43. The Kier molecular flexibility index (Phi) is 5.17. The van der Waals surface area contributed by atoms with Crippen LogP contribution < -0.4 is 4.90 Å². The summed E-state index contributed by atoms with van der Waals surface area (Å²) in [4.78, 5) is 22.3. The van der Waals surface area contributed by atoms with Crippen LogP contribution in [0.1, 0.15) is 27.2 Å². The maximum atomic E-state index is 13.3. The summed E-state index contributed by atoms with van der Waals surface area (Å²) < 4.78 is 2.03. The normalized spacial score (nSPS) is 14.2. The van der Waals surface area contributed by atoms with E-state index in [1.807, 2.05) is 53.0 Å². The molecule has 0 saturated carbocycles. The average molecular weight is 425 g/mol. The van der Waals surface area contributed by atoms with Crippen LogP contribution in [0.15, 0.2) is 67.0 Å². The fraction of sp³-hybridized carbons (Fsp3) is 0.259. The van der Waals surface area contributed by atoms with Crippen molar-refractivity contribution < 1.29 is 4.79 Å². The summed E-state index contributed by atoms with van der Waals surface area (Å²) >= 11 is 0. The van der Waals surface area contributed by atoms with Crippen molar-refractivity contribution in [2.75, 3.05) is 31.1 Å². The Morgan fingerprint density at radius 2 is 1.66 bits per heavy atom. The molecule has 2 aromatic carbocycles. The van der Waals surface area contributed by atoms with Crippen LogP contribution in [0.5, 0.6) is 0 Å². The predicted octanol–water partition coefficient (Wildman–Crippen LogP) is 4.91. The van der Waals surface area contributed by atoms with Crippen molar-refractivity contribution in [1.82, 2.24) is 14.5 Å². The highest BCUT2D eigenvalue weighted by molar-refractivity contribution is 5.96. The van der Waals surface area contributed by atoms with Gasteiger partial charge in [0.15, 0.2) is 0 Å². The maximum absolute atomic E-state index is 13.3. The number of piperazine rings is 1. The number of aryl methyl sites for hydroxylation is 2. The molecule has 1 fully saturated rings. The smallest absolute Gasteiger partial charge is 0.255 e. The van der Waals surface area contributed by atoms with Crippen molar-refractivity contribution in [2.45, 2.75) is 20.8 Å². The van der Waals surface area contributed by atoms with Crippen LogP contribution in [0.25, 0.3) is 16.6 Å². The van der Waals surface area contributed by atoms with Gasteiger partial charge in [-0.05, 0) is 61.5 Å². The number of pyridine rings is 1. The Bertz CT molecular complexity index is 1290. The zero-order valence-corrected chi connectivity index (χ0v) is 18.9. The molecular weight excluding hydrogens is 396 g/mol. The van der Waals surface area contributed by atoms with Gasteiger partial charge in [0.25, 0.3) is 5.91 Å². The molecule has 1 aliphatic rings. The van der Waals surface area contributed by atoms with Gasteiger partial charge in [-0.3, -0.25) is 4.79 Å². The van der Waals surface area contributed by atoms with Crippen molar-refractivity contribution in [2.24, 2.45) is 0 Å². The van der Waals surface area contributed by atoms with E-state index < -0.39 is 0 Å². The van der Waals surface area contributed by atoms with Gasteiger partial charge in [0.05, 0.1) is 5.56 Å². The lowest BCUT2D eigenvalue weighted by molar-refractivity contribution is 0.0746. The molecule has 0 radical (unpaired) electrons. The summed E-state index contributed by atoms with van der Waals surface area (Å²) in [7, 11) is 0. The Hall–Kier alpha value is -3.60. The molecule has 1 saturated heterocycles. The number of benzene rings is 2. The van der Waals surface area contributed by atoms with E-state index in [2.05, 4.69) is 54.1 Å². The van der Waals surface area contributed by atoms with Crippen molar-refractivity contribution in [3.63, 3.8) is 0 Å². The van der Waals surface area contributed by atoms with E-state index in [0.29, 0.717) is 0 Å². The molecule has 2 aromatic heterocycles. The Morgan fingerprint density at radius 1 is 0.875 bits per heavy atom. The number of hydrogen-bond donors (Lipinski definition) is 0. The van der Waals surface area contributed by atoms with Crippen molar-refractivity contribution in [1.29, 1.82) is 0 Å². The van der Waals surface area contributed by atoms with Crippen LogP contribution in [0.4, 0.5) is 5.69 Å². The lowest BCUT2D eigenvalue weighted by atomic mass is 10.1. The van der Waals surface area contributed by atoms with E-state index in [0.717, 1.165) is 54.0 Å². The zero-order chi connectivity index (χ0) is 22.2. The van der Waals surface area contributed by atoms with Crippen molar-refractivity contribution >= 4 is 22.4 Å². The fourth-order valence-corrected chi connectivity index (χ4v) is 4.52. The van der Waals surface area contributed by atoms with Gasteiger partial charge in [-0.25, -0.2) is 4.98 Å². The first-order valence-corrected chi connectivity index (χ1v) is 11.2. The van der Waals surface area contributed by atoms with E-state index in [9.17, 15) is 4.79 Å². The van der Waals surface area contributed by atoms with Gasteiger partial charge in [-0.1, -0.05) is 30.3 Å². The third-order valence-electron chi connectivity index (χ3n) is 6.68. The molecular formula is C27H28N4O. The fourth-order valence-electron chi connectivity index (χ4n) is 4.52. The lowest BCUT2D eigenvalue weighted by Gasteiger charge is -2.36. The zero-order valence-electron chi connectivity index (χ0n) is 18.9. The van der Waals surface area contributed by atoms with E-state index in [1.54, 1.807) is 0 Å². The number of hydrogen-bond acceptors (Lipinski definition) is 3.